The van der Waals surface area contributed by atoms with E-state index in [9.17, 15) is 0 Å². The number of hydrogen-bond acceptors (Lipinski definition) is 4. The molecule has 0 N–H and O–H groups in total. The van der Waals surface area contributed by atoms with E-state index < -0.39 is 0 Å². The lowest BCUT2D eigenvalue weighted by Gasteiger charge is -2.29. The third kappa shape index (κ3) is 1.48. The summed E-state index contributed by atoms with van der Waals surface area (Å²) in [5, 5.41) is 0. The number of anilines is 2. The molecular weight excluding hydrogens is 202 g/mol. The molecule has 1 aliphatic rings. The molecule has 0 fully saturated rings. The zero-order chi connectivity index (χ0) is 10.8. The molecule has 0 unspecified atom stereocenters. The van der Waals surface area contributed by atoms with Gasteiger partial charge >= 0.3 is 0 Å². The maximum absolute atomic E-state index is 5.51. The van der Waals surface area contributed by atoms with Crippen molar-refractivity contribution in [1.82, 2.24) is 9.97 Å². The first-order valence-electron chi connectivity index (χ1n) is 5.20. The van der Waals surface area contributed by atoms with Crippen molar-refractivity contribution in [2.45, 2.75) is 0 Å². The fraction of sp³-hybridized carbons (Fsp3) is 0.167. The predicted octanol–water partition coefficient (Wildman–Crippen LogP) is 2.01. The molecule has 0 radical (unpaired) electrons. The van der Waals surface area contributed by atoms with E-state index in [0.29, 0.717) is 6.61 Å². The van der Waals surface area contributed by atoms with Crippen molar-refractivity contribution in [2.24, 2.45) is 0 Å². The SMILES string of the molecule is c1ccc(N2CCOc3cncnc32)cc1. The van der Waals surface area contributed by atoms with Gasteiger partial charge in [-0.15, -0.1) is 0 Å². The summed E-state index contributed by atoms with van der Waals surface area (Å²) in [5.41, 5.74) is 1.13. The molecule has 0 saturated carbocycles. The molecule has 2 aromatic rings. The molecule has 1 aliphatic heterocycles. The van der Waals surface area contributed by atoms with Crippen molar-refractivity contribution in [1.29, 1.82) is 0 Å². The van der Waals surface area contributed by atoms with Crippen molar-refractivity contribution in [3.63, 3.8) is 0 Å². The van der Waals surface area contributed by atoms with Crippen LogP contribution >= 0.6 is 0 Å². The minimum absolute atomic E-state index is 0.662. The topological polar surface area (TPSA) is 38.2 Å². The van der Waals surface area contributed by atoms with Gasteiger partial charge in [0, 0.05) is 5.69 Å². The van der Waals surface area contributed by atoms with Crippen molar-refractivity contribution in [2.75, 3.05) is 18.1 Å². The van der Waals surface area contributed by atoms with E-state index in [4.69, 9.17) is 4.74 Å². The van der Waals surface area contributed by atoms with Gasteiger partial charge in [-0.05, 0) is 12.1 Å². The summed E-state index contributed by atoms with van der Waals surface area (Å²) in [6, 6.07) is 10.2. The number of hydrogen-bond donors (Lipinski definition) is 0. The molecule has 3 rings (SSSR count). The number of ether oxygens (including phenoxy) is 1. The Bertz CT molecular complexity index is 487. The number of nitrogens with zero attached hydrogens (tertiary/aromatic N) is 3. The molecule has 4 heteroatoms. The summed E-state index contributed by atoms with van der Waals surface area (Å²) in [5.74, 6) is 1.59. The van der Waals surface area contributed by atoms with Crippen LogP contribution in [-0.2, 0) is 0 Å². The average molecular weight is 213 g/mol. The number of para-hydroxylation sites is 1. The Morgan fingerprint density at radius 2 is 2.06 bits per heavy atom. The molecule has 16 heavy (non-hydrogen) atoms. The Morgan fingerprint density at radius 3 is 2.94 bits per heavy atom. The quantitative estimate of drug-likeness (QED) is 0.726. The molecule has 0 spiro atoms. The summed E-state index contributed by atoms with van der Waals surface area (Å²) in [6.07, 6.45) is 3.25. The van der Waals surface area contributed by atoms with Gasteiger partial charge in [0.05, 0.1) is 12.7 Å². The molecule has 2 heterocycles. The van der Waals surface area contributed by atoms with Crippen LogP contribution in [0.15, 0.2) is 42.9 Å². The minimum Gasteiger partial charge on any atom is -0.486 e. The predicted molar refractivity (Wildman–Crippen MR) is 61.0 cm³/mol. The van der Waals surface area contributed by atoms with Crippen LogP contribution in [-0.4, -0.2) is 23.1 Å². The fourth-order valence-corrected chi connectivity index (χ4v) is 1.83. The maximum atomic E-state index is 5.51. The number of benzene rings is 1. The van der Waals surface area contributed by atoms with Gasteiger partial charge in [0.25, 0.3) is 0 Å². The number of aromatic nitrogens is 2. The summed E-state index contributed by atoms with van der Waals surface area (Å²) in [6.45, 7) is 1.48. The minimum atomic E-state index is 0.662. The molecule has 1 aromatic carbocycles. The second-order valence-corrected chi connectivity index (χ2v) is 3.55. The van der Waals surface area contributed by atoms with Crippen LogP contribution in [0.2, 0.25) is 0 Å². The largest absolute Gasteiger partial charge is 0.486 e. The van der Waals surface area contributed by atoms with E-state index in [1.807, 2.05) is 18.2 Å². The first kappa shape index (κ1) is 9.15. The molecular formula is C12H11N3O. The molecule has 0 atom stereocenters. The van der Waals surface area contributed by atoms with E-state index in [1.165, 1.54) is 0 Å². The lowest BCUT2D eigenvalue weighted by Crippen LogP contribution is -2.29. The second-order valence-electron chi connectivity index (χ2n) is 3.55. The second kappa shape index (κ2) is 3.81. The maximum Gasteiger partial charge on any atom is 0.180 e. The van der Waals surface area contributed by atoms with E-state index >= 15 is 0 Å². The van der Waals surface area contributed by atoms with Gasteiger partial charge in [-0.25, -0.2) is 9.97 Å². The first-order valence-corrected chi connectivity index (χ1v) is 5.20. The highest BCUT2D eigenvalue weighted by molar-refractivity contribution is 5.65. The Kier molecular flexibility index (Phi) is 2.18. The smallest absolute Gasteiger partial charge is 0.180 e. The lowest BCUT2D eigenvalue weighted by atomic mass is 10.2. The number of rotatable bonds is 1. The van der Waals surface area contributed by atoms with Crippen LogP contribution in [0.5, 0.6) is 5.75 Å². The van der Waals surface area contributed by atoms with Crippen LogP contribution in [0.4, 0.5) is 11.5 Å². The average Bonchev–Trinajstić information content (AvgIpc) is 2.39. The molecule has 0 saturated heterocycles. The third-order valence-corrected chi connectivity index (χ3v) is 2.55. The molecule has 0 bridgehead atoms. The molecule has 4 nitrogen and oxygen atoms in total. The van der Waals surface area contributed by atoms with E-state index in [0.717, 1.165) is 23.8 Å². The standard InChI is InChI=1S/C12H11N3O/c1-2-4-10(5-3-1)15-6-7-16-11-8-13-9-14-12(11)15/h1-5,8-9H,6-7H2. The van der Waals surface area contributed by atoms with Crippen LogP contribution < -0.4 is 9.64 Å². The highest BCUT2D eigenvalue weighted by Crippen LogP contribution is 2.33. The van der Waals surface area contributed by atoms with Crippen LogP contribution in [0.25, 0.3) is 0 Å². The highest BCUT2D eigenvalue weighted by Gasteiger charge is 2.20. The van der Waals surface area contributed by atoms with Gasteiger partial charge in [-0.2, -0.15) is 0 Å². The van der Waals surface area contributed by atoms with Gasteiger partial charge in [0.2, 0.25) is 0 Å². The Morgan fingerprint density at radius 1 is 1.19 bits per heavy atom. The third-order valence-electron chi connectivity index (χ3n) is 2.55. The number of fused-ring (bicyclic) bond motifs is 1. The zero-order valence-corrected chi connectivity index (χ0v) is 8.71. The van der Waals surface area contributed by atoms with Crippen molar-refractivity contribution in [3.8, 4) is 5.75 Å². The lowest BCUT2D eigenvalue weighted by molar-refractivity contribution is 0.310. The fourth-order valence-electron chi connectivity index (χ4n) is 1.83. The summed E-state index contributed by atoms with van der Waals surface area (Å²) < 4.78 is 5.51. The van der Waals surface area contributed by atoms with Gasteiger partial charge in [0.15, 0.2) is 11.6 Å². The van der Waals surface area contributed by atoms with Gasteiger partial charge in [-0.1, -0.05) is 18.2 Å². The first-order chi connectivity index (χ1) is 7.95. The van der Waals surface area contributed by atoms with Crippen molar-refractivity contribution in [3.05, 3.63) is 42.9 Å². The Hall–Kier alpha value is -2.10. The normalized spacial score (nSPS) is 14.1. The summed E-state index contributed by atoms with van der Waals surface area (Å²) in [7, 11) is 0. The molecule has 1 aromatic heterocycles. The monoisotopic (exact) mass is 213 g/mol. The summed E-state index contributed by atoms with van der Waals surface area (Å²) in [4.78, 5) is 10.4. The molecule has 80 valence electrons. The van der Waals surface area contributed by atoms with Crippen LogP contribution in [0.3, 0.4) is 0 Å². The van der Waals surface area contributed by atoms with Gasteiger partial charge in [0.1, 0.15) is 12.9 Å². The van der Waals surface area contributed by atoms with E-state index in [-0.39, 0.29) is 0 Å². The van der Waals surface area contributed by atoms with Gasteiger partial charge in [-0.3, -0.25) is 0 Å². The molecule has 0 aliphatic carbocycles. The van der Waals surface area contributed by atoms with Gasteiger partial charge < -0.3 is 9.64 Å². The Labute approximate surface area is 93.5 Å². The zero-order valence-electron chi connectivity index (χ0n) is 8.71. The van der Waals surface area contributed by atoms with E-state index in [1.54, 1.807) is 12.5 Å². The van der Waals surface area contributed by atoms with E-state index in [2.05, 4.69) is 27.0 Å². The highest BCUT2D eigenvalue weighted by atomic mass is 16.5. The molecule has 0 amide bonds. The van der Waals surface area contributed by atoms with Crippen LogP contribution in [0, 0.1) is 0 Å². The van der Waals surface area contributed by atoms with Crippen molar-refractivity contribution < 1.29 is 4.74 Å². The van der Waals surface area contributed by atoms with Crippen molar-refractivity contribution >= 4 is 11.5 Å². The van der Waals surface area contributed by atoms with Crippen LogP contribution in [0.1, 0.15) is 0 Å². The summed E-state index contributed by atoms with van der Waals surface area (Å²) >= 11 is 0. The Balaban J connectivity index is 2.05.